The summed E-state index contributed by atoms with van der Waals surface area (Å²) in [4.78, 5) is 14.7. The minimum atomic E-state index is 0.111. The monoisotopic (exact) mass is 379 g/mol. The van der Waals surface area contributed by atoms with E-state index >= 15 is 0 Å². The molecule has 4 rings (SSSR count). The Morgan fingerprint density at radius 2 is 2.04 bits per heavy atom. The summed E-state index contributed by atoms with van der Waals surface area (Å²) in [6.07, 6.45) is 5.39. The second-order valence-corrected chi connectivity index (χ2v) is 8.27. The number of carbonyl (C=O) groups is 1. The van der Waals surface area contributed by atoms with Crippen LogP contribution in [0.4, 0.5) is 0 Å². The lowest BCUT2D eigenvalue weighted by atomic mass is 9.79. The van der Waals surface area contributed by atoms with Gasteiger partial charge in [-0.05, 0) is 54.3 Å². The number of benzene rings is 2. The molecule has 1 amide bonds. The minimum Gasteiger partial charge on any atom is -0.497 e. The van der Waals surface area contributed by atoms with Gasteiger partial charge in [0.25, 0.3) is 0 Å². The summed E-state index contributed by atoms with van der Waals surface area (Å²) in [5.41, 5.74) is 2.64. The molecule has 1 aliphatic heterocycles. The number of hydrogen-bond donors (Lipinski definition) is 1. The van der Waals surface area contributed by atoms with E-state index in [9.17, 15) is 4.79 Å². The van der Waals surface area contributed by atoms with E-state index in [1.807, 2.05) is 13.0 Å². The number of fused-ring (bicyclic) bond motifs is 3. The van der Waals surface area contributed by atoms with Gasteiger partial charge in [0.15, 0.2) is 0 Å². The van der Waals surface area contributed by atoms with Crippen molar-refractivity contribution in [2.24, 2.45) is 0 Å². The fourth-order valence-corrected chi connectivity index (χ4v) is 4.81. The van der Waals surface area contributed by atoms with Gasteiger partial charge in [0.1, 0.15) is 5.76 Å². The maximum atomic E-state index is 12.2. The Bertz CT molecular complexity index is 847. The molecule has 1 heterocycles. The largest absolute Gasteiger partial charge is 0.497 e. The van der Waals surface area contributed by atoms with Gasteiger partial charge in [0, 0.05) is 28.7 Å². The molecule has 1 fully saturated rings. The second-order valence-electron chi connectivity index (χ2n) is 7.13. The van der Waals surface area contributed by atoms with Crippen LogP contribution in [0.3, 0.4) is 0 Å². The molecule has 1 saturated heterocycles. The first-order chi connectivity index (χ1) is 13.2. The molecule has 0 radical (unpaired) electrons. The van der Waals surface area contributed by atoms with Gasteiger partial charge < -0.3 is 10.1 Å². The summed E-state index contributed by atoms with van der Waals surface area (Å²) >= 11 is 1.78. The molecule has 1 N–H and O–H groups in total. The van der Waals surface area contributed by atoms with Gasteiger partial charge in [0.2, 0.25) is 5.91 Å². The molecule has 140 valence electrons. The van der Waals surface area contributed by atoms with Crippen molar-refractivity contribution in [2.75, 3.05) is 6.61 Å². The third kappa shape index (κ3) is 4.06. The highest BCUT2D eigenvalue weighted by atomic mass is 32.2. The predicted molar refractivity (Wildman–Crippen MR) is 109 cm³/mol. The van der Waals surface area contributed by atoms with Crippen molar-refractivity contribution in [1.82, 2.24) is 5.32 Å². The number of hydrogen-bond acceptors (Lipinski definition) is 3. The molecule has 2 atom stereocenters. The molecule has 2 aliphatic rings. The van der Waals surface area contributed by atoms with Gasteiger partial charge in [-0.2, -0.15) is 0 Å². The number of amides is 1. The van der Waals surface area contributed by atoms with E-state index in [4.69, 9.17) is 4.74 Å². The summed E-state index contributed by atoms with van der Waals surface area (Å²) in [5.74, 6) is 1.29. The van der Waals surface area contributed by atoms with Crippen LogP contribution in [0.25, 0.3) is 0 Å². The zero-order valence-electron chi connectivity index (χ0n) is 15.6. The smallest absolute Gasteiger partial charge is 0.220 e. The first kappa shape index (κ1) is 18.2. The molecular formula is C23H25NO2S. The van der Waals surface area contributed by atoms with Crippen LogP contribution in [0.1, 0.15) is 43.2 Å². The van der Waals surface area contributed by atoms with Crippen LogP contribution in [-0.4, -0.2) is 18.6 Å². The number of allylic oxidation sites excluding steroid dienone is 1. The molecule has 2 unspecified atom stereocenters. The van der Waals surface area contributed by atoms with Gasteiger partial charge in [-0.1, -0.05) is 43.0 Å². The van der Waals surface area contributed by atoms with E-state index in [0.29, 0.717) is 13.0 Å². The fourth-order valence-electron chi connectivity index (χ4n) is 3.92. The molecular weight excluding hydrogens is 354 g/mol. The van der Waals surface area contributed by atoms with Crippen LogP contribution < -0.4 is 5.32 Å². The van der Waals surface area contributed by atoms with Crippen LogP contribution in [0.2, 0.25) is 0 Å². The summed E-state index contributed by atoms with van der Waals surface area (Å²) in [6.45, 7) is 2.71. The first-order valence-electron chi connectivity index (χ1n) is 9.72. The van der Waals surface area contributed by atoms with Crippen LogP contribution in [-0.2, 0) is 16.0 Å². The van der Waals surface area contributed by atoms with Gasteiger partial charge >= 0.3 is 0 Å². The Kier molecular flexibility index (Phi) is 5.53. The minimum absolute atomic E-state index is 0.111. The predicted octanol–water partition coefficient (Wildman–Crippen LogP) is 5.07. The van der Waals surface area contributed by atoms with Gasteiger partial charge in [-0.15, -0.1) is 0 Å². The van der Waals surface area contributed by atoms with E-state index in [0.717, 1.165) is 25.0 Å². The fraction of sp³-hybridized carbons (Fsp3) is 0.348. The average Bonchev–Trinajstić information content (AvgIpc) is 2.69. The number of nitrogens with one attached hydrogen (secondary N) is 1. The summed E-state index contributed by atoms with van der Waals surface area (Å²) in [5, 5.41) is 3.26. The van der Waals surface area contributed by atoms with E-state index < -0.39 is 0 Å². The van der Waals surface area contributed by atoms with Crippen molar-refractivity contribution < 1.29 is 9.53 Å². The quantitative estimate of drug-likeness (QED) is 0.788. The first-order valence-corrected chi connectivity index (χ1v) is 10.5. The molecule has 2 aromatic rings. The summed E-state index contributed by atoms with van der Waals surface area (Å²) < 4.78 is 5.97. The van der Waals surface area contributed by atoms with Crippen molar-refractivity contribution in [3.05, 3.63) is 71.5 Å². The van der Waals surface area contributed by atoms with E-state index in [1.165, 1.54) is 20.9 Å². The number of rotatable bonds is 5. The normalized spacial score (nSPS) is 20.7. The Morgan fingerprint density at radius 3 is 2.85 bits per heavy atom. The molecule has 4 heteroatoms. The van der Waals surface area contributed by atoms with Crippen LogP contribution in [0.5, 0.6) is 0 Å². The molecule has 1 aliphatic carbocycles. The number of carbonyl (C=O) groups excluding carboxylic acids is 1. The van der Waals surface area contributed by atoms with Gasteiger partial charge in [-0.3, -0.25) is 4.79 Å². The lowest BCUT2D eigenvalue weighted by molar-refractivity contribution is -0.122. The van der Waals surface area contributed by atoms with Crippen molar-refractivity contribution in [3.8, 4) is 0 Å². The molecule has 2 aromatic carbocycles. The Balaban J connectivity index is 1.62. The molecule has 0 saturated carbocycles. The Hall–Kier alpha value is -2.20. The van der Waals surface area contributed by atoms with Crippen molar-refractivity contribution in [2.45, 2.75) is 54.4 Å². The maximum Gasteiger partial charge on any atom is 0.220 e. The molecule has 3 nitrogen and oxygen atoms in total. The lowest BCUT2D eigenvalue weighted by Crippen LogP contribution is -2.44. The van der Waals surface area contributed by atoms with Crippen molar-refractivity contribution >= 4 is 17.7 Å². The molecule has 0 aromatic heterocycles. The molecule has 27 heavy (non-hydrogen) atoms. The third-order valence-electron chi connectivity index (χ3n) is 5.18. The van der Waals surface area contributed by atoms with Gasteiger partial charge in [0.05, 0.1) is 12.5 Å². The van der Waals surface area contributed by atoms with E-state index in [1.54, 1.807) is 11.8 Å². The maximum absolute atomic E-state index is 12.2. The van der Waals surface area contributed by atoms with E-state index in [-0.39, 0.29) is 17.9 Å². The van der Waals surface area contributed by atoms with Crippen LogP contribution in [0, 0.1) is 0 Å². The van der Waals surface area contributed by atoms with Crippen LogP contribution >= 0.6 is 11.8 Å². The van der Waals surface area contributed by atoms with E-state index in [2.05, 4.69) is 53.9 Å². The SMILES string of the molecule is CCCC(=O)NC1CCOC2=CCc3ccc(Sc4ccccc4)cc3C21. The highest BCUT2D eigenvalue weighted by molar-refractivity contribution is 7.99. The van der Waals surface area contributed by atoms with Crippen molar-refractivity contribution in [1.29, 1.82) is 0 Å². The topological polar surface area (TPSA) is 38.3 Å². The third-order valence-corrected chi connectivity index (χ3v) is 6.18. The highest BCUT2D eigenvalue weighted by Gasteiger charge is 2.36. The lowest BCUT2D eigenvalue weighted by Gasteiger charge is -2.38. The van der Waals surface area contributed by atoms with Crippen molar-refractivity contribution in [3.63, 3.8) is 0 Å². The summed E-state index contributed by atoms with van der Waals surface area (Å²) in [6, 6.07) is 17.3. The Morgan fingerprint density at radius 1 is 1.19 bits per heavy atom. The average molecular weight is 380 g/mol. The van der Waals surface area contributed by atoms with Crippen LogP contribution in [0.15, 0.2) is 70.2 Å². The molecule has 0 bridgehead atoms. The highest BCUT2D eigenvalue weighted by Crippen LogP contribution is 2.41. The van der Waals surface area contributed by atoms with Gasteiger partial charge in [-0.25, -0.2) is 0 Å². The Labute approximate surface area is 165 Å². The zero-order valence-corrected chi connectivity index (χ0v) is 16.4. The summed E-state index contributed by atoms with van der Waals surface area (Å²) in [7, 11) is 0. The molecule has 0 spiro atoms. The standard InChI is InChI=1S/C23H25NO2S/c1-2-6-22(25)24-20-13-14-26-21-12-10-16-9-11-18(15-19(16)23(20)21)27-17-7-4-3-5-8-17/h3-5,7-9,11-12,15,20,23H,2,6,10,13-14H2,1H3,(H,24,25). The number of ether oxygens (including phenoxy) is 1. The second kappa shape index (κ2) is 8.22. The zero-order chi connectivity index (χ0) is 18.6.